The number of carboxylic acid groups (broad SMARTS) is 1. The molecule has 8 nitrogen and oxygen atoms in total. The summed E-state index contributed by atoms with van der Waals surface area (Å²) in [4.78, 5) is 33.0. The minimum atomic E-state index is -1.33. The minimum absolute atomic E-state index is 0.458. The van der Waals surface area contributed by atoms with E-state index in [4.69, 9.17) is 10.8 Å². The van der Waals surface area contributed by atoms with Crippen LogP contribution in [0.2, 0.25) is 0 Å². The molecule has 0 aliphatic rings. The van der Waals surface area contributed by atoms with E-state index in [9.17, 15) is 14.4 Å². The van der Waals surface area contributed by atoms with E-state index in [1.807, 2.05) is 0 Å². The highest BCUT2D eigenvalue weighted by molar-refractivity contribution is 5.95. The molecule has 0 spiro atoms. The van der Waals surface area contributed by atoms with E-state index in [1.54, 1.807) is 24.0 Å². The summed E-state index contributed by atoms with van der Waals surface area (Å²) < 4.78 is 1.54. The molecule has 0 bridgehead atoms. The van der Waals surface area contributed by atoms with E-state index < -0.39 is 30.2 Å². The summed E-state index contributed by atoms with van der Waals surface area (Å²) in [6.45, 7) is 0. The molecule has 8 heteroatoms. The summed E-state index contributed by atoms with van der Waals surface area (Å²) in [5.74, 6) is -2.75. The summed E-state index contributed by atoms with van der Waals surface area (Å²) in [5, 5.41) is 14.9. The Morgan fingerprint density at radius 1 is 1.58 bits per heavy atom. The predicted molar refractivity (Wildman–Crippen MR) is 65.6 cm³/mol. The molecule has 0 aromatic carbocycles. The molecule has 1 rings (SSSR count). The van der Waals surface area contributed by atoms with Crippen LogP contribution in [0.5, 0.6) is 0 Å². The van der Waals surface area contributed by atoms with Gasteiger partial charge in [0.2, 0.25) is 11.8 Å². The molecule has 0 fully saturated rings. The van der Waals surface area contributed by atoms with Crippen LogP contribution in [0.1, 0.15) is 12.1 Å². The number of carboxylic acids is 1. The lowest BCUT2D eigenvalue weighted by molar-refractivity contribution is -0.142. The van der Waals surface area contributed by atoms with Crippen LogP contribution in [0.15, 0.2) is 18.3 Å². The molecular formula is C11H14N4O4. The number of aromatic nitrogens is 2. The number of nitrogens with two attached hydrogens (primary N) is 1. The quantitative estimate of drug-likeness (QED) is 0.562. The number of nitrogens with zero attached hydrogens (tertiary/aromatic N) is 2. The highest BCUT2D eigenvalue weighted by Gasteiger charge is 2.20. The Balaban J connectivity index is 2.63. The van der Waals surface area contributed by atoms with Gasteiger partial charge in [0, 0.05) is 19.3 Å². The third kappa shape index (κ3) is 4.62. The molecular weight excluding hydrogens is 252 g/mol. The van der Waals surface area contributed by atoms with E-state index >= 15 is 0 Å². The van der Waals surface area contributed by atoms with E-state index in [0.717, 1.165) is 6.08 Å². The Labute approximate surface area is 108 Å². The zero-order chi connectivity index (χ0) is 14.4. The second kappa shape index (κ2) is 6.34. The van der Waals surface area contributed by atoms with Crippen LogP contribution < -0.4 is 11.1 Å². The standard InChI is InChI=1S/C11H14N4O4/c1-15-7(4-5-13-15)2-3-10(17)14-8(11(18)19)6-9(12)16/h2-5,8H,6H2,1H3,(H2,12,16)(H,14,17)(H,18,19)/b3-2+/t8-/m0/s1. The van der Waals surface area contributed by atoms with Crippen LogP contribution in [0.25, 0.3) is 6.08 Å². The van der Waals surface area contributed by atoms with E-state index in [1.165, 1.54) is 6.08 Å². The first kappa shape index (κ1) is 14.4. The van der Waals surface area contributed by atoms with Gasteiger partial charge in [-0.05, 0) is 12.1 Å². The number of hydrogen-bond acceptors (Lipinski definition) is 4. The SMILES string of the molecule is Cn1nccc1/C=C/C(=O)N[C@@H](CC(N)=O)C(=O)O. The molecule has 0 saturated heterocycles. The fraction of sp³-hybridized carbons (Fsp3) is 0.273. The number of amides is 2. The normalized spacial score (nSPS) is 12.3. The van der Waals surface area contributed by atoms with Gasteiger partial charge >= 0.3 is 5.97 Å². The van der Waals surface area contributed by atoms with Gasteiger partial charge in [0.25, 0.3) is 0 Å². The number of hydrogen-bond donors (Lipinski definition) is 3. The fourth-order valence-corrected chi connectivity index (χ4v) is 1.33. The second-order valence-electron chi connectivity index (χ2n) is 3.78. The topological polar surface area (TPSA) is 127 Å². The maximum absolute atomic E-state index is 11.5. The van der Waals surface area contributed by atoms with Crippen molar-refractivity contribution in [2.24, 2.45) is 12.8 Å². The molecule has 0 aliphatic carbocycles. The highest BCUT2D eigenvalue weighted by atomic mass is 16.4. The third-order valence-corrected chi connectivity index (χ3v) is 2.28. The average Bonchev–Trinajstić information content (AvgIpc) is 2.70. The Morgan fingerprint density at radius 3 is 2.74 bits per heavy atom. The zero-order valence-electron chi connectivity index (χ0n) is 10.2. The Hall–Kier alpha value is -2.64. The summed E-state index contributed by atoms with van der Waals surface area (Å²) in [6.07, 6.45) is 3.74. The monoisotopic (exact) mass is 266 g/mol. The van der Waals surface area contributed by atoms with Crippen molar-refractivity contribution in [3.8, 4) is 0 Å². The first-order valence-corrected chi connectivity index (χ1v) is 5.38. The summed E-state index contributed by atoms with van der Waals surface area (Å²) in [7, 11) is 1.70. The van der Waals surface area contributed by atoms with Crippen LogP contribution in [0, 0.1) is 0 Å². The number of carbonyl (C=O) groups is 3. The Bertz CT molecular complexity index is 521. The fourth-order valence-electron chi connectivity index (χ4n) is 1.33. The van der Waals surface area contributed by atoms with Crippen molar-refractivity contribution in [2.75, 3.05) is 0 Å². The number of rotatable bonds is 6. The number of aryl methyl sites for hydroxylation is 1. The first-order valence-electron chi connectivity index (χ1n) is 5.38. The van der Waals surface area contributed by atoms with Crippen molar-refractivity contribution in [2.45, 2.75) is 12.5 Å². The third-order valence-electron chi connectivity index (χ3n) is 2.28. The van der Waals surface area contributed by atoms with Crippen LogP contribution in [0.3, 0.4) is 0 Å². The molecule has 0 radical (unpaired) electrons. The molecule has 1 heterocycles. The van der Waals surface area contributed by atoms with Crippen LogP contribution in [0.4, 0.5) is 0 Å². The summed E-state index contributed by atoms with van der Waals surface area (Å²) in [5.41, 5.74) is 5.57. The molecule has 4 N–H and O–H groups in total. The van der Waals surface area contributed by atoms with E-state index in [-0.39, 0.29) is 0 Å². The summed E-state index contributed by atoms with van der Waals surface area (Å²) >= 11 is 0. The van der Waals surface area contributed by atoms with Gasteiger partial charge in [-0.2, -0.15) is 5.10 Å². The number of aliphatic carboxylic acids is 1. The van der Waals surface area contributed by atoms with Crippen molar-refractivity contribution < 1.29 is 19.5 Å². The van der Waals surface area contributed by atoms with Crippen molar-refractivity contribution >= 4 is 23.9 Å². The lowest BCUT2D eigenvalue weighted by atomic mass is 10.2. The van der Waals surface area contributed by atoms with Gasteiger partial charge in [-0.15, -0.1) is 0 Å². The van der Waals surface area contributed by atoms with E-state index in [0.29, 0.717) is 5.69 Å². The van der Waals surface area contributed by atoms with Crippen molar-refractivity contribution in [1.29, 1.82) is 0 Å². The number of primary amides is 1. The average molecular weight is 266 g/mol. The van der Waals surface area contributed by atoms with Gasteiger partial charge in [0.1, 0.15) is 6.04 Å². The molecule has 0 aliphatic heterocycles. The van der Waals surface area contributed by atoms with Crippen LogP contribution in [-0.2, 0) is 21.4 Å². The second-order valence-corrected chi connectivity index (χ2v) is 3.78. The van der Waals surface area contributed by atoms with Gasteiger partial charge in [-0.1, -0.05) is 0 Å². The molecule has 0 unspecified atom stereocenters. The van der Waals surface area contributed by atoms with Gasteiger partial charge in [-0.25, -0.2) is 4.79 Å². The largest absolute Gasteiger partial charge is 0.480 e. The first-order chi connectivity index (χ1) is 8.90. The van der Waals surface area contributed by atoms with Crippen molar-refractivity contribution in [1.82, 2.24) is 15.1 Å². The molecule has 0 saturated carbocycles. The van der Waals surface area contributed by atoms with Crippen molar-refractivity contribution in [3.05, 3.63) is 24.0 Å². The Morgan fingerprint density at radius 2 is 2.26 bits per heavy atom. The van der Waals surface area contributed by atoms with Gasteiger partial charge in [0.05, 0.1) is 12.1 Å². The highest BCUT2D eigenvalue weighted by Crippen LogP contribution is 1.99. The molecule has 102 valence electrons. The lowest BCUT2D eigenvalue weighted by Gasteiger charge is -2.10. The molecule has 1 atom stereocenters. The van der Waals surface area contributed by atoms with Crippen LogP contribution in [-0.4, -0.2) is 38.7 Å². The van der Waals surface area contributed by atoms with Gasteiger partial charge in [-0.3, -0.25) is 14.3 Å². The summed E-state index contributed by atoms with van der Waals surface area (Å²) in [6, 6.07) is 0.350. The van der Waals surface area contributed by atoms with Crippen LogP contribution >= 0.6 is 0 Å². The molecule has 19 heavy (non-hydrogen) atoms. The predicted octanol–water partition coefficient (Wildman–Crippen LogP) is -1.12. The molecule has 2 amide bonds. The molecule has 1 aromatic heterocycles. The zero-order valence-corrected chi connectivity index (χ0v) is 10.2. The number of carbonyl (C=O) groups excluding carboxylic acids is 2. The number of nitrogens with one attached hydrogen (secondary N) is 1. The van der Waals surface area contributed by atoms with E-state index in [2.05, 4.69) is 10.4 Å². The minimum Gasteiger partial charge on any atom is -0.480 e. The maximum Gasteiger partial charge on any atom is 0.326 e. The van der Waals surface area contributed by atoms with Gasteiger partial charge in [0.15, 0.2) is 0 Å². The smallest absolute Gasteiger partial charge is 0.326 e. The van der Waals surface area contributed by atoms with Gasteiger partial charge < -0.3 is 16.2 Å². The molecule has 1 aromatic rings. The maximum atomic E-state index is 11.5. The lowest BCUT2D eigenvalue weighted by Crippen LogP contribution is -2.42. The van der Waals surface area contributed by atoms with Crippen molar-refractivity contribution in [3.63, 3.8) is 0 Å². The Kier molecular flexibility index (Phi) is 4.81.